The van der Waals surface area contributed by atoms with E-state index in [2.05, 4.69) is 27.3 Å². The van der Waals surface area contributed by atoms with Crippen molar-refractivity contribution in [2.45, 2.75) is 25.4 Å². The van der Waals surface area contributed by atoms with Gasteiger partial charge < -0.3 is 14.6 Å². The van der Waals surface area contributed by atoms with E-state index >= 15 is 0 Å². The van der Waals surface area contributed by atoms with Crippen LogP contribution in [0.4, 0.5) is 11.6 Å². The zero-order chi connectivity index (χ0) is 20.3. The summed E-state index contributed by atoms with van der Waals surface area (Å²) in [6, 6.07) is 15.7. The number of pyridine rings is 1. The van der Waals surface area contributed by atoms with Crippen molar-refractivity contribution in [1.82, 2.24) is 19.9 Å². The maximum absolute atomic E-state index is 12.7. The Morgan fingerprint density at radius 2 is 1.93 bits per heavy atom. The number of aromatic nitrogens is 3. The van der Waals surface area contributed by atoms with E-state index in [0.29, 0.717) is 24.2 Å². The molecule has 152 valence electrons. The van der Waals surface area contributed by atoms with E-state index in [4.69, 9.17) is 9.40 Å². The predicted octanol–water partition coefficient (Wildman–Crippen LogP) is 3.32. The van der Waals surface area contributed by atoms with Crippen molar-refractivity contribution < 1.29 is 4.42 Å². The van der Waals surface area contributed by atoms with Crippen LogP contribution < -0.4 is 15.8 Å². The zero-order valence-corrected chi connectivity index (χ0v) is 16.6. The average Bonchev–Trinajstić information content (AvgIpc) is 3.31. The Hall–Kier alpha value is -3.45. The molecule has 30 heavy (non-hydrogen) atoms. The first-order valence-electron chi connectivity index (χ1n) is 10.2. The van der Waals surface area contributed by atoms with E-state index in [0.717, 1.165) is 42.6 Å². The Kier molecular flexibility index (Phi) is 5.03. The van der Waals surface area contributed by atoms with E-state index < -0.39 is 0 Å². The van der Waals surface area contributed by atoms with Crippen molar-refractivity contribution in [3.63, 3.8) is 0 Å². The number of rotatable bonds is 5. The summed E-state index contributed by atoms with van der Waals surface area (Å²) < 4.78 is 6.85. The maximum atomic E-state index is 12.7. The highest BCUT2D eigenvalue weighted by Crippen LogP contribution is 2.29. The van der Waals surface area contributed by atoms with Crippen molar-refractivity contribution in [3.8, 4) is 0 Å². The Bertz CT molecular complexity index is 1180. The Morgan fingerprint density at radius 1 is 1.10 bits per heavy atom. The predicted molar refractivity (Wildman–Crippen MR) is 116 cm³/mol. The molecule has 0 aliphatic carbocycles. The first-order chi connectivity index (χ1) is 14.8. The van der Waals surface area contributed by atoms with E-state index in [9.17, 15) is 4.79 Å². The SMILES string of the molecule is O=c1ccc2cnc(N(c3ccccc3)C3CCNCC3)nc2n1Cc1ccoc1. The maximum Gasteiger partial charge on any atom is 0.252 e. The summed E-state index contributed by atoms with van der Waals surface area (Å²) in [7, 11) is 0. The molecule has 0 saturated carbocycles. The summed E-state index contributed by atoms with van der Waals surface area (Å²) in [6.45, 7) is 2.33. The average molecular weight is 401 g/mol. The molecule has 0 amide bonds. The van der Waals surface area contributed by atoms with Crippen LogP contribution >= 0.6 is 0 Å². The molecule has 4 heterocycles. The van der Waals surface area contributed by atoms with Crippen molar-refractivity contribution in [2.75, 3.05) is 18.0 Å². The number of piperidine rings is 1. The molecule has 0 atom stereocenters. The first-order valence-corrected chi connectivity index (χ1v) is 10.2. The Balaban J connectivity index is 1.63. The van der Waals surface area contributed by atoms with Gasteiger partial charge in [-0.3, -0.25) is 9.36 Å². The van der Waals surface area contributed by atoms with Gasteiger partial charge >= 0.3 is 0 Å². The summed E-state index contributed by atoms with van der Waals surface area (Å²) >= 11 is 0. The lowest BCUT2D eigenvalue weighted by Gasteiger charge is -2.34. The van der Waals surface area contributed by atoms with Crippen molar-refractivity contribution in [2.24, 2.45) is 0 Å². The summed E-state index contributed by atoms with van der Waals surface area (Å²) in [5.41, 5.74) is 2.51. The fourth-order valence-electron chi connectivity index (χ4n) is 4.04. The van der Waals surface area contributed by atoms with Crippen LogP contribution in [0.2, 0.25) is 0 Å². The van der Waals surface area contributed by atoms with Gasteiger partial charge in [-0.1, -0.05) is 18.2 Å². The Morgan fingerprint density at radius 3 is 2.70 bits per heavy atom. The number of para-hydroxylation sites is 1. The minimum Gasteiger partial charge on any atom is -0.472 e. The highest BCUT2D eigenvalue weighted by Gasteiger charge is 2.25. The van der Waals surface area contributed by atoms with E-state index in [-0.39, 0.29) is 5.56 Å². The van der Waals surface area contributed by atoms with Gasteiger partial charge in [-0.15, -0.1) is 0 Å². The van der Waals surface area contributed by atoms with Gasteiger partial charge in [0.25, 0.3) is 5.56 Å². The van der Waals surface area contributed by atoms with Crippen LogP contribution in [0.1, 0.15) is 18.4 Å². The number of nitrogens with zero attached hydrogens (tertiary/aromatic N) is 4. The number of nitrogens with one attached hydrogen (secondary N) is 1. The molecular formula is C23H23N5O2. The number of benzene rings is 1. The molecule has 0 spiro atoms. The molecule has 3 aromatic heterocycles. The molecule has 1 saturated heterocycles. The monoisotopic (exact) mass is 401 g/mol. The van der Waals surface area contributed by atoms with Crippen LogP contribution in [0.15, 0.2) is 76.5 Å². The van der Waals surface area contributed by atoms with Gasteiger partial charge in [-0.25, -0.2) is 4.98 Å². The lowest BCUT2D eigenvalue weighted by atomic mass is 10.0. The number of anilines is 2. The number of fused-ring (bicyclic) bond motifs is 1. The fourth-order valence-corrected chi connectivity index (χ4v) is 4.04. The van der Waals surface area contributed by atoms with Crippen LogP contribution in [0, 0.1) is 0 Å². The second kappa shape index (κ2) is 8.12. The van der Waals surface area contributed by atoms with Gasteiger partial charge in [0.05, 0.1) is 19.1 Å². The molecule has 0 unspecified atom stereocenters. The van der Waals surface area contributed by atoms with Gasteiger partial charge in [0.15, 0.2) is 0 Å². The molecule has 1 fully saturated rings. The molecule has 4 aromatic rings. The summed E-state index contributed by atoms with van der Waals surface area (Å²) in [6.07, 6.45) is 7.08. The summed E-state index contributed by atoms with van der Waals surface area (Å²) in [5.74, 6) is 0.618. The van der Waals surface area contributed by atoms with Gasteiger partial charge in [0, 0.05) is 34.9 Å². The van der Waals surface area contributed by atoms with Crippen molar-refractivity contribution in [3.05, 3.63) is 83.2 Å². The second-order valence-corrected chi connectivity index (χ2v) is 7.52. The molecule has 1 aliphatic rings. The smallest absolute Gasteiger partial charge is 0.252 e. The molecule has 5 rings (SSSR count). The van der Waals surface area contributed by atoms with E-state index in [1.54, 1.807) is 35.4 Å². The van der Waals surface area contributed by atoms with Crippen LogP contribution in [0.5, 0.6) is 0 Å². The van der Waals surface area contributed by atoms with Crippen LogP contribution in [0.3, 0.4) is 0 Å². The zero-order valence-electron chi connectivity index (χ0n) is 16.6. The topological polar surface area (TPSA) is 76.2 Å². The molecule has 7 heteroatoms. The summed E-state index contributed by atoms with van der Waals surface area (Å²) in [4.78, 5) is 24.5. The molecular weight excluding hydrogens is 378 g/mol. The molecule has 7 nitrogen and oxygen atoms in total. The number of furan rings is 1. The standard InChI is InChI=1S/C23H23N5O2/c29-21-7-6-18-14-25-23(26-22(18)27(21)15-17-10-13-30-16-17)28(19-4-2-1-3-5-19)20-8-11-24-12-9-20/h1-7,10,13-14,16,20,24H,8-9,11-12,15H2. The quantitative estimate of drug-likeness (QED) is 0.553. The molecule has 1 N–H and O–H groups in total. The third kappa shape index (κ3) is 3.59. The molecule has 1 aliphatic heterocycles. The molecule has 0 bridgehead atoms. The van der Waals surface area contributed by atoms with Crippen molar-refractivity contribution in [1.29, 1.82) is 0 Å². The Labute approximate surface area is 174 Å². The highest BCUT2D eigenvalue weighted by atomic mass is 16.3. The minimum atomic E-state index is -0.0959. The number of hydrogen-bond acceptors (Lipinski definition) is 6. The minimum absolute atomic E-state index is 0.0959. The third-order valence-electron chi connectivity index (χ3n) is 5.55. The van der Waals surface area contributed by atoms with Crippen molar-refractivity contribution >= 4 is 22.7 Å². The second-order valence-electron chi connectivity index (χ2n) is 7.52. The lowest BCUT2D eigenvalue weighted by Crippen LogP contribution is -2.41. The van der Waals surface area contributed by atoms with E-state index in [1.807, 2.05) is 24.3 Å². The largest absolute Gasteiger partial charge is 0.472 e. The first kappa shape index (κ1) is 18.6. The molecule has 1 aromatic carbocycles. The third-order valence-corrected chi connectivity index (χ3v) is 5.55. The van der Waals surface area contributed by atoms with Crippen LogP contribution in [-0.4, -0.2) is 33.7 Å². The van der Waals surface area contributed by atoms with Crippen LogP contribution in [0.25, 0.3) is 11.0 Å². The van der Waals surface area contributed by atoms with Gasteiger partial charge in [-0.05, 0) is 50.2 Å². The van der Waals surface area contributed by atoms with E-state index in [1.165, 1.54) is 0 Å². The van der Waals surface area contributed by atoms with Gasteiger partial charge in [0.2, 0.25) is 5.95 Å². The molecule has 0 radical (unpaired) electrons. The van der Waals surface area contributed by atoms with Crippen LogP contribution in [-0.2, 0) is 6.54 Å². The van der Waals surface area contributed by atoms with Gasteiger partial charge in [-0.2, -0.15) is 4.98 Å². The number of hydrogen-bond donors (Lipinski definition) is 1. The van der Waals surface area contributed by atoms with Gasteiger partial charge in [0.1, 0.15) is 5.65 Å². The summed E-state index contributed by atoms with van der Waals surface area (Å²) in [5, 5.41) is 4.26. The fraction of sp³-hybridized carbons (Fsp3) is 0.261. The normalized spacial score (nSPS) is 14.8. The highest BCUT2D eigenvalue weighted by molar-refractivity contribution is 5.76. The lowest BCUT2D eigenvalue weighted by molar-refractivity contribution is 0.449.